The molecule has 0 saturated heterocycles. The second-order valence-electron chi connectivity index (χ2n) is 3.88. The van der Waals surface area contributed by atoms with Gasteiger partial charge in [0.25, 0.3) is 5.95 Å². The van der Waals surface area contributed by atoms with Gasteiger partial charge in [0.05, 0.1) is 12.8 Å². The molecule has 3 heteroatoms. The summed E-state index contributed by atoms with van der Waals surface area (Å²) in [5.41, 5.74) is 2.74. The van der Waals surface area contributed by atoms with Gasteiger partial charge in [0.1, 0.15) is 6.20 Å². The van der Waals surface area contributed by atoms with E-state index in [1.54, 1.807) is 0 Å². The van der Waals surface area contributed by atoms with Gasteiger partial charge in [-0.2, -0.15) is 0 Å². The van der Waals surface area contributed by atoms with Crippen LogP contribution in [0.2, 0.25) is 0 Å². The highest BCUT2D eigenvalue weighted by Crippen LogP contribution is 2.11. The lowest BCUT2D eigenvalue weighted by molar-refractivity contribution is 0.135. The summed E-state index contributed by atoms with van der Waals surface area (Å²) in [4.78, 5) is 4.31. The summed E-state index contributed by atoms with van der Waals surface area (Å²) in [5, 5.41) is 9.33. The van der Waals surface area contributed by atoms with Crippen molar-refractivity contribution in [2.45, 2.75) is 0 Å². The molecule has 0 amide bonds. The number of hydrogen-bond acceptors (Lipinski definition) is 3. The molecule has 1 N–H and O–H groups in total. The summed E-state index contributed by atoms with van der Waals surface area (Å²) in [6, 6.07) is 19.6. The highest BCUT2D eigenvalue weighted by molar-refractivity contribution is 6.13. The monoisotopic (exact) mass is 253 g/mol. The van der Waals surface area contributed by atoms with Crippen molar-refractivity contribution >= 4 is 5.71 Å². The molecular weight excluding hydrogens is 238 g/mol. The van der Waals surface area contributed by atoms with Gasteiger partial charge in [0.15, 0.2) is 0 Å². The number of aliphatic hydroxyl groups excluding tert-OH is 1. The predicted molar refractivity (Wildman–Crippen MR) is 76.2 cm³/mol. The van der Waals surface area contributed by atoms with E-state index >= 15 is 0 Å². The van der Waals surface area contributed by atoms with Crippen LogP contribution in [0.5, 0.6) is 0 Å². The van der Waals surface area contributed by atoms with Crippen LogP contribution >= 0.6 is 0 Å². The molecule has 3 nitrogen and oxygen atoms in total. The van der Waals surface area contributed by atoms with E-state index in [0.717, 1.165) is 16.8 Å². The molecule has 2 aromatic rings. The molecule has 0 heterocycles. The van der Waals surface area contributed by atoms with Crippen molar-refractivity contribution < 1.29 is 9.84 Å². The molecule has 0 fully saturated rings. The normalized spacial score (nSPS) is 10.9. The Kier molecular flexibility index (Phi) is 4.34. The first-order valence-corrected chi connectivity index (χ1v) is 5.93. The van der Waals surface area contributed by atoms with Crippen molar-refractivity contribution in [1.82, 2.24) is 0 Å². The zero-order valence-corrected chi connectivity index (χ0v) is 10.7. The van der Waals surface area contributed by atoms with Crippen molar-refractivity contribution in [3.8, 4) is 0 Å². The van der Waals surface area contributed by atoms with E-state index < -0.39 is 0 Å². The fourth-order valence-electron chi connectivity index (χ4n) is 1.68. The fraction of sp³-hybridized carbons (Fsp3) is 0.0625. The zero-order chi connectivity index (χ0) is 13.5. The van der Waals surface area contributed by atoms with Gasteiger partial charge in [0, 0.05) is 11.1 Å². The number of rotatable bonds is 4. The van der Waals surface area contributed by atoms with E-state index in [-0.39, 0.29) is 5.95 Å². The van der Waals surface area contributed by atoms with Crippen molar-refractivity contribution in [3.05, 3.63) is 83.9 Å². The summed E-state index contributed by atoms with van der Waals surface area (Å²) in [7, 11) is 1.39. The molecule has 0 aromatic heterocycles. The van der Waals surface area contributed by atoms with Crippen LogP contribution in [0.15, 0.2) is 77.8 Å². The molecule has 2 aromatic carbocycles. The van der Waals surface area contributed by atoms with Crippen molar-refractivity contribution in [2.75, 3.05) is 7.11 Å². The second-order valence-corrected chi connectivity index (χ2v) is 3.88. The Morgan fingerprint density at radius 2 is 1.42 bits per heavy atom. The summed E-state index contributed by atoms with van der Waals surface area (Å²) in [5.74, 6) is -0.218. The van der Waals surface area contributed by atoms with Crippen LogP contribution in [-0.4, -0.2) is 17.9 Å². The van der Waals surface area contributed by atoms with Gasteiger partial charge in [-0.1, -0.05) is 60.7 Å². The lowest BCUT2D eigenvalue weighted by Gasteiger charge is -2.06. The number of benzene rings is 2. The third-order valence-electron chi connectivity index (χ3n) is 2.61. The van der Waals surface area contributed by atoms with E-state index in [4.69, 9.17) is 0 Å². The first-order valence-electron chi connectivity index (χ1n) is 5.93. The largest absolute Gasteiger partial charge is 0.480 e. The van der Waals surface area contributed by atoms with E-state index in [1.807, 2.05) is 60.7 Å². The van der Waals surface area contributed by atoms with Gasteiger partial charge in [-0.25, -0.2) is 4.99 Å². The Morgan fingerprint density at radius 3 is 1.84 bits per heavy atom. The third-order valence-corrected chi connectivity index (χ3v) is 2.61. The summed E-state index contributed by atoms with van der Waals surface area (Å²) in [6.07, 6.45) is 1.30. The maximum atomic E-state index is 9.33. The molecule has 0 aliphatic carbocycles. The van der Waals surface area contributed by atoms with Crippen LogP contribution in [0.3, 0.4) is 0 Å². The standard InChI is InChI=1S/C16H15NO2/c1-19-15(18)12-17-16(13-8-4-2-5-9-13)14-10-6-3-7-11-14/h2-12,18H,1H3/b15-12-. The summed E-state index contributed by atoms with van der Waals surface area (Å²) >= 11 is 0. The molecule has 0 radical (unpaired) electrons. The smallest absolute Gasteiger partial charge is 0.295 e. The number of nitrogens with zero attached hydrogens (tertiary/aromatic N) is 1. The van der Waals surface area contributed by atoms with E-state index in [0.29, 0.717) is 0 Å². The predicted octanol–water partition coefficient (Wildman–Crippen LogP) is 3.53. The Morgan fingerprint density at radius 1 is 0.947 bits per heavy atom. The molecular formula is C16H15NO2. The van der Waals surface area contributed by atoms with E-state index in [2.05, 4.69) is 9.73 Å². The first-order chi connectivity index (χ1) is 9.31. The molecule has 96 valence electrons. The van der Waals surface area contributed by atoms with E-state index in [9.17, 15) is 5.11 Å². The fourth-order valence-corrected chi connectivity index (χ4v) is 1.68. The van der Waals surface area contributed by atoms with Crippen molar-refractivity contribution in [2.24, 2.45) is 4.99 Å². The average Bonchev–Trinajstić information content (AvgIpc) is 2.49. The molecule has 0 spiro atoms. The van der Waals surface area contributed by atoms with Gasteiger partial charge in [-0.05, 0) is 0 Å². The van der Waals surface area contributed by atoms with Crippen LogP contribution in [0, 0.1) is 0 Å². The molecule has 0 saturated carbocycles. The van der Waals surface area contributed by atoms with Crippen molar-refractivity contribution in [1.29, 1.82) is 0 Å². The Balaban J connectivity index is 2.46. The minimum absolute atomic E-state index is 0.218. The molecule has 0 aliphatic rings. The zero-order valence-electron chi connectivity index (χ0n) is 10.7. The number of aliphatic imine (C=N–C) groups is 1. The molecule has 19 heavy (non-hydrogen) atoms. The Labute approximate surface area is 112 Å². The SMILES string of the molecule is CO/C(O)=C\N=C(c1ccccc1)c1ccccc1. The van der Waals surface area contributed by atoms with Crippen LogP contribution in [-0.2, 0) is 4.74 Å². The van der Waals surface area contributed by atoms with Crippen LogP contribution in [0.1, 0.15) is 11.1 Å². The molecule has 0 atom stereocenters. The topological polar surface area (TPSA) is 41.8 Å². The number of ether oxygens (including phenoxy) is 1. The van der Waals surface area contributed by atoms with Crippen LogP contribution in [0.4, 0.5) is 0 Å². The van der Waals surface area contributed by atoms with Gasteiger partial charge in [-0.3, -0.25) is 0 Å². The first kappa shape index (κ1) is 12.9. The lowest BCUT2D eigenvalue weighted by Crippen LogP contribution is -2.02. The molecule has 2 rings (SSSR count). The van der Waals surface area contributed by atoms with Gasteiger partial charge in [-0.15, -0.1) is 0 Å². The average molecular weight is 253 g/mol. The minimum atomic E-state index is -0.218. The highest BCUT2D eigenvalue weighted by atomic mass is 16.6. The molecule has 0 aliphatic heterocycles. The highest BCUT2D eigenvalue weighted by Gasteiger charge is 2.05. The molecule has 0 unspecified atom stereocenters. The Hall–Kier alpha value is -2.55. The van der Waals surface area contributed by atoms with Crippen LogP contribution in [0.25, 0.3) is 0 Å². The number of methoxy groups -OCH3 is 1. The number of hydrogen-bond donors (Lipinski definition) is 1. The third kappa shape index (κ3) is 3.45. The Bertz CT molecular complexity index is 533. The van der Waals surface area contributed by atoms with Crippen LogP contribution < -0.4 is 0 Å². The maximum Gasteiger partial charge on any atom is 0.295 e. The molecule has 0 bridgehead atoms. The lowest BCUT2D eigenvalue weighted by atomic mass is 10.0. The van der Waals surface area contributed by atoms with E-state index in [1.165, 1.54) is 13.3 Å². The van der Waals surface area contributed by atoms with Gasteiger partial charge < -0.3 is 9.84 Å². The quantitative estimate of drug-likeness (QED) is 0.669. The van der Waals surface area contributed by atoms with Crippen molar-refractivity contribution in [3.63, 3.8) is 0 Å². The van der Waals surface area contributed by atoms with Gasteiger partial charge in [0.2, 0.25) is 0 Å². The summed E-state index contributed by atoms with van der Waals surface area (Å²) < 4.78 is 4.68. The maximum absolute atomic E-state index is 9.33. The minimum Gasteiger partial charge on any atom is -0.480 e. The van der Waals surface area contributed by atoms with Gasteiger partial charge >= 0.3 is 0 Å². The summed E-state index contributed by atoms with van der Waals surface area (Å²) in [6.45, 7) is 0. The number of aliphatic hydroxyl groups is 1. The second kappa shape index (κ2) is 6.40.